The van der Waals surface area contributed by atoms with E-state index in [0.717, 1.165) is 5.56 Å². The van der Waals surface area contributed by atoms with Crippen molar-refractivity contribution < 1.29 is 14.7 Å². The summed E-state index contributed by atoms with van der Waals surface area (Å²) >= 11 is 0. The van der Waals surface area contributed by atoms with Crippen LogP contribution in [0.25, 0.3) is 6.08 Å². The number of nitrogens with two attached hydrogens (primary N) is 1. The molecular weight excluding hydrogens is 244 g/mol. The normalized spacial score (nSPS) is 12.0. The fraction of sp³-hybridized carbons (Fsp3) is 0.143. The maximum atomic E-state index is 11.6. The van der Waals surface area contributed by atoms with Crippen molar-refractivity contribution in [3.63, 3.8) is 0 Å². The molecular formula is C14H16N2O3. The summed E-state index contributed by atoms with van der Waals surface area (Å²) in [5.74, 6) is -1.56. The van der Waals surface area contributed by atoms with E-state index >= 15 is 0 Å². The Labute approximate surface area is 111 Å². The van der Waals surface area contributed by atoms with Crippen molar-refractivity contribution in [1.29, 1.82) is 0 Å². The monoisotopic (exact) mass is 260 g/mol. The summed E-state index contributed by atoms with van der Waals surface area (Å²) in [6.07, 6.45) is 4.49. The number of rotatable bonds is 6. The molecule has 0 aliphatic rings. The van der Waals surface area contributed by atoms with Crippen molar-refractivity contribution in [2.45, 2.75) is 12.5 Å². The second-order valence-corrected chi connectivity index (χ2v) is 3.92. The van der Waals surface area contributed by atoms with Gasteiger partial charge in [-0.1, -0.05) is 18.2 Å². The average Bonchev–Trinajstić information content (AvgIpc) is 2.37. The molecule has 1 aromatic carbocycles. The third kappa shape index (κ3) is 5.08. The van der Waals surface area contributed by atoms with Crippen LogP contribution in [0, 0.1) is 0 Å². The molecule has 19 heavy (non-hydrogen) atoms. The number of carboxylic acid groups (broad SMARTS) is 1. The predicted octanol–water partition coefficient (Wildman–Crippen LogP) is 1.43. The van der Waals surface area contributed by atoms with Crippen LogP contribution < -0.4 is 11.1 Å². The minimum absolute atomic E-state index is 0.177. The lowest BCUT2D eigenvalue weighted by atomic mass is 10.2. The van der Waals surface area contributed by atoms with Crippen LogP contribution in [0.15, 0.2) is 43.0 Å². The molecule has 0 saturated carbocycles. The summed E-state index contributed by atoms with van der Waals surface area (Å²) in [4.78, 5) is 22.4. The van der Waals surface area contributed by atoms with E-state index in [1.165, 1.54) is 12.2 Å². The molecule has 0 aliphatic heterocycles. The zero-order valence-electron chi connectivity index (χ0n) is 10.4. The first-order valence-corrected chi connectivity index (χ1v) is 5.70. The number of hydrogen-bond acceptors (Lipinski definition) is 3. The molecule has 0 aromatic heterocycles. The molecule has 0 bridgehead atoms. The Morgan fingerprint density at radius 3 is 2.53 bits per heavy atom. The van der Waals surface area contributed by atoms with Gasteiger partial charge in [-0.3, -0.25) is 4.79 Å². The average molecular weight is 260 g/mol. The SMILES string of the molecule is C=CCC(NC(=O)/C=C/c1ccc(N)cc1)C(=O)O. The molecule has 5 heteroatoms. The molecule has 0 spiro atoms. The lowest BCUT2D eigenvalue weighted by Crippen LogP contribution is -2.39. The van der Waals surface area contributed by atoms with Gasteiger partial charge in [0.1, 0.15) is 6.04 Å². The van der Waals surface area contributed by atoms with Crippen LogP contribution in [0.3, 0.4) is 0 Å². The van der Waals surface area contributed by atoms with E-state index in [1.807, 2.05) is 0 Å². The highest BCUT2D eigenvalue weighted by Gasteiger charge is 2.16. The van der Waals surface area contributed by atoms with Gasteiger partial charge in [-0.2, -0.15) is 0 Å². The van der Waals surface area contributed by atoms with E-state index in [0.29, 0.717) is 5.69 Å². The van der Waals surface area contributed by atoms with E-state index in [9.17, 15) is 9.59 Å². The lowest BCUT2D eigenvalue weighted by molar-refractivity contribution is -0.141. The number of aliphatic carboxylic acids is 1. The van der Waals surface area contributed by atoms with Crippen molar-refractivity contribution >= 4 is 23.6 Å². The third-order valence-electron chi connectivity index (χ3n) is 2.38. The van der Waals surface area contributed by atoms with E-state index in [-0.39, 0.29) is 6.42 Å². The van der Waals surface area contributed by atoms with E-state index in [2.05, 4.69) is 11.9 Å². The van der Waals surface area contributed by atoms with Crippen LogP contribution in [0.5, 0.6) is 0 Å². The molecule has 0 heterocycles. The summed E-state index contributed by atoms with van der Waals surface area (Å²) in [7, 11) is 0. The molecule has 0 radical (unpaired) electrons. The zero-order valence-corrected chi connectivity index (χ0v) is 10.4. The topological polar surface area (TPSA) is 92.4 Å². The maximum Gasteiger partial charge on any atom is 0.326 e. The Kier molecular flexibility index (Phi) is 5.35. The molecule has 1 amide bonds. The van der Waals surface area contributed by atoms with Crippen molar-refractivity contribution in [2.24, 2.45) is 0 Å². The van der Waals surface area contributed by atoms with Gasteiger partial charge in [-0.05, 0) is 30.2 Å². The first-order valence-electron chi connectivity index (χ1n) is 5.70. The first-order chi connectivity index (χ1) is 9.02. The standard InChI is InChI=1S/C14H16N2O3/c1-2-3-12(14(18)19)16-13(17)9-6-10-4-7-11(15)8-5-10/h2,4-9,12H,1,3,15H2,(H,16,17)(H,18,19)/b9-6+. The van der Waals surface area contributed by atoms with Gasteiger partial charge in [-0.15, -0.1) is 6.58 Å². The Balaban J connectivity index is 2.61. The van der Waals surface area contributed by atoms with Crippen molar-refractivity contribution in [2.75, 3.05) is 5.73 Å². The molecule has 4 N–H and O–H groups in total. The van der Waals surface area contributed by atoms with Crippen molar-refractivity contribution in [3.05, 3.63) is 48.6 Å². The van der Waals surface area contributed by atoms with Crippen LogP contribution in [0.1, 0.15) is 12.0 Å². The Morgan fingerprint density at radius 1 is 1.37 bits per heavy atom. The van der Waals surface area contributed by atoms with Gasteiger partial charge in [0.25, 0.3) is 0 Å². The number of carboxylic acids is 1. The number of carbonyl (C=O) groups is 2. The molecule has 1 unspecified atom stereocenters. The van der Waals surface area contributed by atoms with Gasteiger partial charge < -0.3 is 16.2 Å². The summed E-state index contributed by atoms with van der Waals surface area (Å²) in [6.45, 7) is 3.45. The second-order valence-electron chi connectivity index (χ2n) is 3.92. The molecule has 100 valence electrons. The minimum Gasteiger partial charge on any atom is -0.480 e. The van der Waals surface area contributed by atoms with Gasteiger partial charge in [0, 0.05) is 11.8 Å². The second kappa shape index (κ2) is 7.00. The van der Waals surface area contributed by atoms with Crippen LogP contribution in [-0.2, 0) is 9.59 Å². The molecule has 0 saturated heterocycles. The van der Waals surface area contributed by atoms with Crippen molar-refractivity contribution in [1.82, 2.24) is 5.32 Å². The van der Waals surface area contributed by atoms with Gasteiger partial charge >= 0.3 is 5.97 Å². The highest BCUT2D eigenvalue weighted by atomic mass is 16.4. The fourth-order valence-electron chi connectivity index (χ4n) is 1.39. The van der Waals surface area contributed by atoms with Gasteiger partial charge in [0.05, 0.1) is 0 Å². The summed E-state index contributed by atoms with van der Waals surface area (Å²) in [5.41, 5.74) is 6.98. The quantitative estimate of drug-likeness (QED) is 0.410. The van der Waals surface area contributed by atoms with Crippen LogP contribution in [-0.4, -0.2) is 23.0 Å². The van der Waals surface area contributed by atoms with Crippen LogP contribution in [0.4, 0.5) is 5.69 Å². The van der Waals surface area contributed by atoms with E-state index in [1.54, 1.807) is 30.3 Å². The summed E-state index contributed by atoms with van der Waals surface area (Å²) < 4.78 is 0. The Hall–Kier alpha value is -2.56. The van der Waals surface area contributed by atoms with E-state index < -0.39 is 17.9 Å². The minimum atomic E-state index is -1.09. The number of amides is 1. The lowest BCUT2D eigenvalue weighted by Gasteiger charge is -2.10. The van der Waals surface area contributed by atoms with Crippen LogP contribution >= 0.6 is 0 Å². The van der Waals surface area contributed by atoms with Gasteiger partial charge in [0.15, 0.2) is 0 Å². The molecule has 5 nitrogen and oxygen atoms in total. The predicted molar refractivity (Wildman–Crippen MR) is 74.3 cm³/mol. The fourth-order valence-corrected chi connectivity index (χ4v) is 1.39. The van der Waals surface area contributed by atoms with Crippen LogP contribution in [0.2, 0.25) is 0 Å². The summed E-state index contributed by atoms with van der Waals surface area (Å²) in [6, 6.07) is 6.00. The number of nitrogens with one attached hydrogen (secondary N) is 1. The number of anilines is 1. The Bertz CT molecular complexity index is 492. The largest absolute Gasteiger partial charge is 0.480 e. The smallest absolute Gasteiger partial charge is 0.326 e. The molecule has 1 atom stereocenters. The van der Waals surface area contributed by atoms with Gasteiger partial charge in [-0.25, -0.2) is 4.79 Å². The number of hydrogen-bond donors (Lipinski definition) is 3. The van der Waals surface area contributed by atoms with Crippen molar-refractivity contribution in [3.8, 4) is 0 Å². The maximum absolute atomic E-state index is 11.6. The number of benzene rings is 1. The number of nitrogen functional groups attached to an aromatic ring is 1. The molecule has 1 aromatic rings. The highest BCUT2D eigenvalue weighted by molar-refractivity contribution is 5.94. The zero-order chi connectivity index (χ0) is 14.3. The third-order valence-corrected chi connectivity index (χ3v) is 2.38. The molecule has 1 rings (SSSR count). The summed E-state index contributed by atoms with van der Waals surface area (Å²) in [5, 5.41) is 11.2. The number of carbonyl (C=O) groups excluding carboxylic acids is 1. The molecule has 0 aliphatic carbocycles. The first kappa shape index (κ1) is 14.5. The molecule has 0 fully saturated rings. The van der Waals surface area contributed by atoms with Gasteiger partial charge in [0.2, 0.25) is 5.91 Å². The Morgan fingerprint density at radius 2 is 2.00 bits per heavy atom. The highest BCUT2D eigenvalue weighted by Crippen LogP contribution is 2.06. The van der Waals surface area contributed by atoms with E-state index in [4.69, 9.17) is 10.8 Å².